The van der Waals surface area contributed by atoms with Gasteiger partial charge in [0, 0.05) is 18.7 Å². The largest absolute Gasteiger partial charge is 0.477 e. The lowest BCUT2D eigenvalue weighted by atomic mass is 10.0. The maximum atomic E-state index is 11.8. The Morgan fingerprint density at radius 2 is 2.05 bits per heavy atom. The highest BCUT2D eigenvalue weighted by atomic mass is 35.5. The number of hydrogen-bond acceptors (Lipinski definition) is 5. The number of amides is 1. The molecule has 0 radical (unpaired) electrons. The molecule has 1 amide bonds. The van der Waals surface area contributed by atoms with E-state index in [0.29, 0.717) is 12.5 Å². The van der Waals surface area contributed by atoms with Crippen molar-refractivity contribution in [2.75, 3.05) is 13.2 Å². The fourth-order valence-corrected chi connectivity index (χ4v) is 1.93. The fourth-order valence-electron chi connectivity index (χ4n) is 1.93. The Balaban J connectivity index is 0.00000441. The van der Waals surface area contributed by atoms with Gasteiger partial charge in [0.25, 0.3) is 5.91 Å². The number of rotatable bonds is 8. The van der Waals surface area contributed by atoms with E-state index < -0.39 is 4.92 Å². The van der Waals surface area contributed by atoms with Crippen molar-refractivity contribution in [2.45, 2.75) is 26.3 Å². The van der Waals surface area contributed by atoms with E-state index in [1.165, 1.54) is 18.2 Å². The van der Waals surface area contributed by atoms with Crippen LogP contribution in [0.1, 0.15) is 20.3 Å². The smallest absolute Gasteiger partial charge is 0.310 e. The summed E-state index contributed by atoms with van der Waals surface area (Å²) in [6, 6.07) is 5.82. The minimum absolute atomic E-state index is 0. The van der Waals surface area contributed by atoms with Crippen LogP contribution in [-0.4, -0.2) is 30.0 Å². The first-order valence-electron chi connectivity index (χ1n) is 6.79. The SMILES string of the molecule is CC(C)CC(CN)NC(=O)COc1ccccc1[N+](=O)[O-].Cl. The van der Waals surface area contributed by atoms with E-state index in [9.17, 15) is 14.9 Å². The number of nitrogens with one attached hydrogen (secondary N) is 1. The van der Waals surface area contributed by atoms with E-state index in [1.807, 2.05) is 13.8 Å². The minimum Gasteiger partial charge on any atom is -0.477 e. The number of carbonyl (C=O) groups is 1. The van der Waals surface area contributed by atoms with Crippen molar-refractivity contribution in [3.63, 3.8) is 0 Å². The van der Waals surface area contributed by atoms with Gasteiger partial charge in [-0.2, -0.15) is 0 Å². The number of para-hydroxylation sites is 2. The van der Waals surface area contributed by atoms with Gasteiger partial charge in [-0.05, 0) is 18.4 Å². The molecule has 1 aromatic rings. The van der Waals surface area contributed by atoms with Gasteiger partial charge in [0.05, 0.1) is 4.92 Å². The van der Waals surface area contributed by atoms with Crippen LogP contribution in [0.25, 0.3) is 0 Å². The lowest BCUT2D eigenvalue weighted by Gasteiger charge is -2.18. The van der Waals surface area contributed by atoms with Gasteiger partial charge in [0.15, 0.2) is 12.4 Å². The van der Waals surface area contributed by atoms with Gasteiger partial charge in [-0.3, -0.25) is 14.9 Å². The molecule has 1 rings (SSSR count). The number of carbonyl (C=O) groups excluding carboxylic acids is 1. The quantitative estimate of drug-likeness (QED) is 0.558. The van der Waals surface area contributed by atoms with Crippen molar-refractivity contribution in [2.24, 2.45) is 11.7 Å². The number of ether oxygens (including phenoxy) is 1. The van der Waals surface area contributed by atoms with Crippen LogP contribution in [0.2, 0.25) is 0 Å². The molecule has 0 aromatic heterocycles. The highest BCUT2D eigenvalue weighted by Crippen LogP contribution is 2.25. The number of benzene rings is 1. The third-order valence-electron chi connectivity index (χ3n) is 2.83. The van der Waals surface area contributed by atoms with Gasteiger partial charge in [-0.15, -0.1) is 12.4 Å². The van der Waals surface area contributed by atoms with Crippen molar-refractivity contribution in [1.82, 2.24) is 5.32 Å². The summed E-state index contributed by atoms with van der Waals surface area (Å²) in [7, 11) is 0. The number of nitrogens with zero attached hydrogens (tertiary/aromatic N) is 1. The van der Waals surface area contributed by atoms with E-state index in [-0.39, 0.29) is 42.4 Å². The Hall–Kier alpha value is -1.86. The van der Waals surface area contributed by atoms with Crippen LogP contribution in [-0.2, 0) is 4.79 Å². The molecule has 7 nitrogen and oxygen atoms in total. The summed E-state index contributed by atoms with van der Waals surface area (Å²) in [5.41, 5.74) is 5.43. The topological polar surface area (TPSA) is 107 Å². The van der Waals surface area contributed by atoms with Gasteiger partial charge >= 0.3 is 5.69 Å². The molecule has 1 aromatic carbocycles. The standard InChI is InChI=1S/C14H21N3O4.ClH/c1-10(2)7-11(8-15)16-14(18)9-21-13-6-4-3-5-12(13)17(19)20;/h3-6,10-11H,7-9,15H2,1-2H3,(H,16,18);1H. The zero-order valence-corrected chi connectivity index (χ0v) is 13.5. The van der Waals surface area contributed by atoms with E-state index in [1.54, 1.807) is 6.07 Å². The van der Waals surface area contributed by atoms with Crippen LogP contribution in [0.5, 0.6) is 5.75 Å². The molecule has 0 aliphatic heterocycles. The minimum atomic E-state index is -0.547. The number of nitro benzene ring substituents is 1. The van der Waals surface area contributed by atoms with Crippen molar-refractivity contribution in [3.05, 3.63) is 34.4 Å². The molecule has 124 valence electrons. The van der Waals surface area contributed by atoms with Crippen LogP contribution in [0.3, 0.4) is 0 Å². The average Bonchev–Trinajstić information content (AvgIpc) is 2.44. The van der Waals surface area contributed by atoms with Gasteiger partial charge in [-0.1, -0.05) is 26.0 Å². The molecule has 8 heteroatoms. The van der Waals surface area contributed by atoms with Crippen LogP contribution < -0.4 is 15.8 Å². The first-order chi connectivity index (χ1) is 9.93. The Kier molecular flexibility index (Phi) is 9.12. The lowest BCUT2D eigenvalue weighted by molar-refractivity contribution is -0.385. The monoisotopic (exact) mass is 331 g/mol. The molecule has 0 heterocycles. The summed E-state index contributed by atoms with van der Waals surface area (Å²) in [6.45, 7) is 4.14. The fraction of sp³-hybridized carbons (Fsp3) is 0.500. The normalized spacial score (nSPS) is 11.5. The molecule has 1 unspecified atom stereocenters. The van der Waals surface area contributed by atoms with Crippen molar-refractivity contribution < 1.29 is 14.5 Å². The summed E-state index contributed by atoms with van der Waals surface area (Å²) >= 11 is 0. The van der Waals surface area contributed by atoms with E-state index in [2.05, 4.69) is 5.32 Å². The van der Waals surface area contributed by atoms with Crippen molar-refractivity contribution in [1.29, 1.82) is 0 Å². The lowest BCUT2D eigenvalue weighted by Crippen LogP contribution is -2.43. The zero-order valence-electron chi connectivity index (χ0n) is 12.7. The van der Waals surface area contributed by atoms with Crippen LogP contribution in [0, 0.1) is 16.0 Å². The summed E-state index contributed by atoms with van der Waals surface area (Å²) in [6.07, 6.45) is 0.772. The predicted octanol–water partition coefficient (Wildman–Crippen LogP) is 1.88. The van der Waals surface area contributed by atoms with Crippen molar-refractivity contribution in [3.8, 4) is 5.75 Å². The van der Waals surface area contributed by atoms with Crippen molar-refractivity contribution >= 4 is 24.0 Å². The molecule has 0 fully saturated rings. The molecule has 0 aliphatic carbocycles. The Labute approximate surface area is 135 Å². The molecule has 0 spiro atoms. The van der Waals surface area contributed by atoms with E-state index >= 15 is 0 Å². The number of nitrogens with two attached hydrogens (primary N) is 1. The summed E-state index contributed by atoms with van der Waals surface area (Å²) in [4.78, 5) is 22.1. The molecule has 0 saturated heterocycles. The van der Waals surface area contributed by atoms with Gasteiger partial charge in [-0.25, -0.2) is 0 Å². The summed E-state index contributed by atoms with van der Waals surface area (Å²) in [5.74, 6) is 0.144. The Morgan fingerprint density at radius 3 is 2.59 bits per heavy atom. The van der Waals surface area contributed by atoms with Gasteiger partial charge in [0.2, 0.25) is 0 Å². The first kappa shape index (κ1) is 20.1. The van der Waals surface area contributed by atoms with E-state index in [4.69, 9.17) is 10.5 Å². The highest BCUT2D eigenvalue weighted by Gasteiger charge is 2.16. The molecular weight excluding hydrogens is 310 g/mol. The molecule has 0 saturated carbocycles. The number of hydrogen-bond donors (Lipinski definition) is 2. The summed E-state index contributed by atoms with van der Waals surface area (Å²) < 4.78 is 5.22. The number of halogens is 1. The van der Waals surface area contributed by atoms with Crippen LogP contribution in [0.15, 0.2) is 24.3 Å². The molecule has 0 aliphatic rings. The Morgan fingerprint density at radius 1 is 1.41 bits per heavy atom. The molecular formula is C14H22ClN3O4. The molecule has 22 heavy (non-hydrogen) atoms. The van der Waals surface area contributed by atoms with Gasteiger partial charge in [0.1, 0.15) is 0 Å². The average molecular weight is 332 g/mol. The first-order valence-corrected chi connectivity index (χ1v) is 6.79. The maximum absolute atomic E-state index is 11.8. The zero-order chi connectivity index (χ0) is 15.8. The number of nitro groups is 1. The second-order valence-electron chi connectivity index (χ2n) is 5.14. The summed E-state index contributed by atoms with van der Waals surface area (Å²) in [5, 5.41) is 13.6. The molecule has 0 bridgehead atoms. The predicted molar refractivity (Wildman–Crippen MR) is 86.3 cm³/mol. The van der Waals surface area contributed by atoms with E-state index in [0.717, 1.165) is 6.42 Å². The second-order valence-corrected chi connectivity index (χ2v) is 5.14. The van der Waals surface area contributed by atoms with Crippen LogP contribution in [0.4, 0.5) is 5.69 Å². The maximum Gasteiger partial charge on any atom is 0.310 e. The van der Waals surface area contributed by atoms with Gasteiger partial charge < -0.3 is 15.8 Å². The molecule has 1 atom stereocenters. The third kappa shape index (κ3) is 6.73. The Bertz CT molecular complexity index is 497. The third-order valence-corrected chi connectivity index (χ3v) is 2.83. The molecule has 3 N–H and O–H groups in total. The second kappa shape index (κ2) is 9.97. The highest BCUT2D eigenvalue weighted by molar-refractivity contribution is 5.85. The van der Waals surface area contributed by atoms with Crippen LogP contribution >= 0.6 is 12.4 Å².